The quantitative estimate of drug-likeness (QED) is 0.0707. The van der Waals surface area contributed by atoms with E-state index < -0.39 is 30.8 Å². The van der Waals surface area contributed by atoms with Crippen LogP contribution in [0, 0.1) is 0 Å². The molecule has 8 nitrogen and oxygen atoms in total. The van der Waals surface area contributed by atoms with Crippen molar-refractivity contribution in [2.24, 2.45) is 0 Å². The summed E-state index contributed by atoms with van der Waals surface area (Å²) < 4.78 is 4.45. The summed E-state index contributed by atoms with van der Waals surface area (Å²) in [6, 6.07) is 0. The number of carbonyl (C=O) groups is 2. The Morgan fingerprint density at radius 1 is 0.556 bits per heavy atom. The molecule has 0 saturated carbocycles. The summed E-state index contributed by atoms with van der Waals surface area (Å²) in [5.74, 6) is -1.69. The first kappa shape index (κ1) is 37.1. The van der Waals surface area contributed by atoms with Crippen LogP contribution in [0.1, 0.15) is 135 Å². The molecule has 0 saturated heterocycles. The number of carbonyl (C=O) groups excluding carboxylic acids is 2. The van der Waals surface area contributed by atoms with Gasteiger partial charge in [-0.25, -0.2) is 4.79 Å². The van der Waals surface area contributed by atoms with Gasteiger partial charge in [0, 0.05) is 6.42 Å². The van der Waals surface area contributed by atoms with E-state index >= 15 is 0 Å². The number of unbranched alkanes of at least 4 members (excludes halogenated alkanes) is 18. The van der Waals surface area contributed by atoms with Gasteiger partial charge in [-0.1, -0.05) is 122 Å². The third-order valence-electron chi connectivity index (χ3n) is 6.07. The zero-order valence-electron chi connectivity index (χ0n) is 22.9. The van der Waals surface area contributed by atoms with Gasteiger partial charge in [0.2, 0.25) is 0 Å². The lowest BCUT2D eigenvalue weighted by molar-refractivity contribution is -0.167. The molecule has 0 aliphatic rings. The van der Waals surface area contributed by atoms with Crippen molar-refractivity contribution in [2.75, 3.05) is 19.8 Å². The molecule has 0 aromatic rings. The highest BCUT2D eigenvalue weighted by atomic mass is 16.6. The largest absolute Gasteiger partial charge is 0.394 e. The average molecular weight is 521 g/mol. The number of hydrogen-bond donors (Lipinski definition) is 5. The maximum absolute atomic E-state index is 11.4. The zero-order chi connectivity index (χ0) is 27.3. The maximum atomic E-state index is 11.4. The molecule has 0 rings (SSSR count). The molecule has 1 atom stereocenters. The number of aliphatic hydroxyl groups is 5. The molecule has 216 valence electrons. The van der Waals surface area contributed by atoms with Crippen molar-refractivity contribution in [2.45, 2.75) is 148 Å². The van der Waals surface area contributed by atoms with E-state index in [0.717, 1.165) is 12.8 Å². The predicted octanol–water partition coefficient (Wildman–Crippen LogP) is 4.56. The first-order chi connectivity index (χ1) is 17.4. The summed E-state index contributed by atoms with van der Waals surface area (Å²) in [4.78, 5) is 22.6. The molecular weight excluding hydrogens is 464 g/mol. The molecule has 0 aliphatic heterocycles. The minimum atomic E-state index is -1.63. The van der Waals surface area contributed by atoms with E-state index in [0.29, 0.717) is 6.42 Å². The smallest absolute Gasteiger partial charge is 0.345 e. The second-order valence-electron chi connectivity index (χ2n) is 9.62. The fraction of sp³-hybridized carbons (Fsp3) is 0.929. The monoisotopic (exact) mass is 520 g/mol. The van der Waals surface area contributed by atoms with Gasteiger partial charge >= 0.3 is 11.9 Å². The molecule has 1 unspecified atom stereocenters. The first-order valence-corrected chi connectivity index (χ1v) is 14.4. The molecule has 0 aromatic carbocycles. The highest BCUT2D eigenvalue weighted by Gasteiger charge is 2.18. The van der Waals surface area contributed by atoms with Gasteiger partial charge < -0.3 is 30.3 Å². The summed E-state index contributed by atoms with van der Waals surface area (Å²) >= 11 is 0. The molecule has 0 heterocycles. The number of rotatable bonds is 24. The maximum Gasteiger partial charge on any atom is 0.345 e. The highest BCUT2D eigenvalue weighted by molar-refractivity contribution is 5.87. The summed E-state index contributed by atoms with van der Waals surface area (Å²) in [5.41, 5.74) is 0. The Labute approximate surface area is 219 Å². The number of ether oxygens (including phenoxy) is 1. The Kier molecular flexibility index (Phi) is 31.1. The van der Waals surface area contributed by atoms with Gasteiger partial charge in [0.05, 0.1) is 19.8 Å². The van der Waals surface area contributed by atoms with Crippen molar-refractivity contribution in [3.8, 4) is 0 Å². The first-order valence-electron chi connectivity index (χ1n) is 14.4. The van der Waals surface area contributed by atoms with Crippen molar-refractivity contribution < 1.29 is 39.9 Å². The summed E-state index contributed by atoms with van der Waals surface area (Å²) in [7, 11) is 0. The summed E-state index contributed by atoms with van der Waals surface area (Å²) in [6.45, 7) is 0.811. The van der Waals surface area contributed by atoms with E-state index in [1.807, 2.05) is 0 Å². The standard InChI is InChI=1S/C25H48O5.C3H8O3/c1-2-3-4-5-6-7-8-9-10-11-12-13-14-15-16-17-18-19-20-21-24(28)30-25(29)23(27)22-26;4-1-3(6)2-5/h23,26-27H,2-22H2,1H3;3-6H,1-2H2. The molecule has 5 N–H and O–H groups in total. The van der Waals surface area contributed by atoms with Crippen molar-refractivity contribution in [3.05, 3.63) is 0 Å². The van der Waals surface area contributed by atoms with Crippen LogP contribution in [0.5, 0.6) is 0 Å². The lowest BCUT2D eigenvalue weighted by atomic mass is 10.0. The Bertz CT molecular complexity index is 468. The minimum absolute atomic E-state index is 0.183. The number of esters is 2. The van der Waals surface area contributed by atoms with Gasteiger partial charge in [-0.3, -0.25) is 4.79 Å². The second-order valence-corrected chi connectivity index (χ2v) is 9.62. The van der Waals surface area contributed by atoms with Crippen LogP contribution >= 0.6 is 0 Å². The molecule has 0 fully saturated rings. The van der Waals surface area contributed by atoms with E-state index in [-0.39, 0.29) is 19.6 Å². The Hall–Kier alpha value is -1.06. The highest BCUT2D eigenvalue weighted by Crippen LogP contribution is 2.15. The number of aliphatic hydroxyl groups excluding tert-OH is 5. The van der Waals surface area contributed by atoms with Gasteiger partial charge in [0.15, 0.2) is 6.10 Å². The Balaban J connectivity index is 0. The lowest BCUT2D eigenvalue weighted by Crippen LogP contribution is -2.28. The van der Waals surface area contributed by atoms with E-state index in [4.69, 9.17) is 25.5 Å². The van der Waals surface area contributed by atoms with Crippen LogP contribution in [0.25, 0.3) is 0 Å². The van der Waals surface area contributed by atoms with Gasteiger partial charge in [0.25, 0.3) is 0 Å². The van der Waals surface area contributed by atoms with Crippen molar-refractivity contribution >= 4 is 11.9 Å². The molecule has 36 heavy (non-hydrogen) atoms. The topological polar surface area (TPSA) is 145 Å². The van der Waals surface area contributed by atoms with Crippen molar-refractivity contribution in [1.29, 1.82) is 0 Å². The Morgan fingerprint density at radius 3 is 1.17 bits per heavy atom. The van der Waals surface area contributed by atoms with Crippen LogP contribution in [0.15, 0.2) is 0 Å². The van der Waals surface area contributed by atoms with E-state index in [1.165, 1.54) is 103 Å². The SMILES string of the molecule is CCCCCCCCCCCCCCCCCCCCCC(=O)OC(=O)C(O)CO.OCC(O)CO. The molecule has 0 aromatic heterocycles. The van der Waals surface area contributed by atoms with Gasteiger partial charge in [-0.05, 0) is 6.42 Å². The summed E-state index contributed by atoms with van der Waals surface area (Å²) in [6.07, 6.45) is 22.2. The van der Waals surface area contributed by atoms with Crippen molar-refractivity contribution in [1.82, 2.24) is 0 Å². The third-order valence-corrected chi connectivity index (χ3v) is 6.07. The lowest BCUT2D eigenvalue weighted by Gasteiger charge is -2.06. The van der Waals surface area contributed by atoms with E-state index in [2.05, 4.69) is 11.7 Å². The predicted molar refractivity (Wildman–Crippen MR) is 142 cm³/mol. The average Bonchev–Trinajstić information content (AvgIpc) is 2.89. The minimum Gasteiger partial charge on any atom is -0.394 e. The molecular formula is C28H56O8. The molecule has 0 aliphatic carbocycles. The fourth-order valence-electron chi connectivity index (χ4n) is 3.71. The van der Waals surface area contributed by atoms with Gasteiger partial charge in [0.1, 0.15) is 6.10 Å². The molecule has 8 heteroatoms. The third kappa shape index (κ3) is 29.2. The van der Waals surface area contributed by atoms with Gasteiger partial charge in [-0.2, -0.15) is 0 Å². The molecule has 0 spiro atoms. The van der Waals surface area contributed by atoms with Crippen LogP contribution in [0.3, 0.4) is 0 Å². The van der Waals surface area contributed by atoms with E-state index in [9.17, 15) is 9.59 Å². The van der Waals surface area contributed by atoms with Crippen molar-refractivity contribution in [3.63, 3.8) is 0 Å². The van der Waals surface area contributed by atoms with Crippen LogP contribution in [0.2, 0.25) is 0 Å². The number of hydrogen-bond acceptors (Lipinski definition) is 8. The van der Waals surface area contributed by atoms with Gasteiger partial charge in [-0.15, -0.1) is 0 Å². The van der Waals surface area contributed by atoms with Crippen LogP contribution in [-0.2, 0) is 14.3 Å². The van der Waals surface area contributed by atoms with Crippen LogP contribution in [0.4, 0.5) is 0 Å². The Morgan fingerprint density at radius 2 is 0.889 bits per heavy atom. The second kappa shape index (κ2) is 30.2. The summed E-state index contributed by atoms with van der Waals surface area (Å²) in [5, 5.41) is 41.7. The van der Waals surface area contributed by atoms with Crippen LogP contribution in [-0.4, -0.2) is 69.5 Å². The van der Waals surface area contributed by atoms with Crippen LogP contribution < -0.4 is 0 Å². The zero-order valence-corrected chi connectivity index (χ0v) is 22.9. The molecule has 0 radical (unpaired) electrons. The molecule has 0 bridgehead atoms. The fourth-order valence-corrected chi connectivity index (χ4v) is 3.71. The molecule has 0 amide bonds. The normalized spacial score (nSPS) is 11.8. The van der Waals surface area contributed by atoms with E-state index in [1.54, 1.807) is 0 Å².